The van der Waals surface area contributed by atoms with Crippen molar-refractivity contribution in [2.45, 2.75) is 44.5 Å². The van der Waals surface area contributed by atoms with Crippen molar-refractivity contribution in [1.82, 2.24) is 20.8 Å². The Hall–Kier alpha value is -3.39. The Labute approximate surface area is 198 Å². The summed E-state index contributed by atoms with van der Waals surface area (Å²) >= 11 is 1.55. The van der Waals surface area contributed by atoms with Gasteiger partial charge in [-0.05, 0) is 68.7 Å². The van der Waals surface area contributed by atoms with Gasteiger partial charge in [0.25, 0.3) is 5.91 Å². The Balaban J connectivity index is 1.41. The minimum atomic E-state index is -0.360. The van der Waals surface area contributed by atoms with Crippen molar-refractivity contribution in [2.75, 3.05) is 6.61 Å². The predicted molar refractivity (Wildman–Crippen MR) is 129 cm³/mol. The number of hydrogen-bond donors (Lipinski definition) is 2. The fraction of sp³-hybridized carbons (Fsp3) is 0.280. The van der Waals surface area contributed by atoms with Gasteiger partial charge in [0.2, 0.25) is 5.91 Å². The largest absolute Gasteiger partial charge is 0.494 e. The lowest BCUT2D eigenvalue weighted by atomic mass is 10.1. The number of rotatable bonds is 9. The number of ether oxygens (including phenoxy) is 1. The van der Waals surface area contributed by atoms with E-state index in [-0.39, 0.29) is 18.2 Å². The van der Waals surface area contributed by atoms with Gasteiger partial charge in [0, 0.05) is 29.1 Å². The molecule has 0 bridgehead atoms. The minimum absolute atomic E-state index is 0.251. The quantitative estimate of drug-likeness (QED) is 0.280. The standard InChI is InChI=1S/C25H28N4O3S/c1-4-32-22-12-7-19(8-13-22)9-14-23(30)28-29-24(31)21-10-5-20(6-11-21)16-33-25-26-17(2)15-18(3)27-25/h5-8,10-13,15H,4,9,14,16H2,1-3H3,(H,28,30)(H,29,31). The summed E-state index contributed by atoms with van der Waals surface area (Å²) in [5.41, 5.74) is 9.38. The van der Waals surface area contributed by atoms with E-state index in [1.807, 2.05) is 63.2 Å². The molecule has 3 aromatic rings. The summed E-state index contributed by atoms with van der Waals surface area (Å²) in [6.45, 7) is 6.45. The molecule has 0 aliphatic carbocycles. The second-order valence-electron chi connectivity index (χ2n) is 7.50. The van der Waals surface area contributed by atoms with Crippen molar-refractivity contribution >= 4 is 23.6 Å². The predicted octanol–water partition coefficient (Wildman–Crippen LogP) is 4.18. The first-order chi connectivity index (χ1) is 15.9. The molecular formula is C25H28N4O3S. The van der Waals surface area contributed by atoms with Gasteiger partial charge in [-0.1, -0.05) is 36.0 Å². The number of aryl methyl sites for hydroxylation is 3. The smallest absolute Gasteiger partial charge is 0.269 e. The van der Waals surface area contributed by atoms with E-state index >= 15 is 0 Å². The van der Waals surface area contributed by atoms with Crippen LogP contribution in [0.3, 0.4) is 0 Å². The first-order valence-corrected chi connectivity index (χ1v) is 11.8. The molecule has 0 atom stereocenters. The number of nitrogens with one attached hydrogen (secondary N) is 2. The van der Waals surface area contributed by atoms with Gasteiger partial charge in [0.05, 0.1) is 6.61 Å². The average Bonchev–Trinajstić information content (AvgIpc) is 2.81. The molecule has 2 N–H and O–H groups in total. The number of benzene rings is 2. The number of carbonyl (C=O) groups is 2. The van der Waals surface area contributed by atoms with Gasteiger partial charge in [-0.15, -0.1) is 0 Å². The monoisotopic (exact) mass is 464 g/mol. The third-order valence-electron chi connectivity index (χ3n) is 4.74. The van der Waals surface area contributed by atoms with Gasteiger partial charge < -0.3 is 4.74 Å². The van der Waals surface area contributed by atoms with Gasteiger partial charge in [-0.2, -0.15) is 0 Å². The Bertz CT molecular complexity index is 1070. The first-order valence-electron chi connectivity index (χ1n) is 10.8. The molecule has 1 aromatic heterocycles. The zero-order valence-electron chi connectivity index (χ0n) is 19.1. The van der Waals surface area contributed by atoms with E-state index in [2.05, 4.69) is 20.8 Å². The third kappa shape index (κ3) is 7.91. The van der Waals surface area contributed by atoms with Crippen molar-refractivity contribution in [3.8, 4) is 5.75 Å². The fourth-order valence-corrected chi connectivity index (χ4v) is 4.00. The molecule has 0 unspecified atom stereocenters. The Morgan fingerprint density at radius 1 is 0.909 bits per heavy atom. The molecule has 0 saturated heterocycles. The SMILES string of the molecule is CCOc1ccc(CCC(=O)NNC(=O)c2ccc(CSc3nc(C)cc(C)n3)cc2)cc1. The molecule has 0 aliphatic heterocycles. The van der Waals surface area contributed by atoms with Crippen molar-refractivity contribution in [3.05, 3.63) is 82.7 Å². The maximum absolute atomic E-state index is 12.3. The van der Waals surface area contributed by atoms with Crippen molar-refractivity contribution < 1.29 is 14.3 Å². The van der Waals surface area contributed by atoms with E-state index in [9.17, 15) is 9.59 Å². The molecule has 7 nitrogen and oxygen atoms in total. The van der Waals surface area contributed by atoms with Gasteiger partial charge in [-0.3, -0.25) is 20.4 Å². The van der Waals surface area contributed by atoms with Crippen LogP contribution in [0.25, 0.3) is 0 Å². The topological polar surface area (TPSA) is 93.2 Å². The highest BCUT2D eigenvalue weighted by Gasteiger charge is 2.09. The lowest BCUT2D eigenvalue weighted by Gasteiger charge is -2.09. The Morgan fingerprint density at radius 3 is 2.18 bits per heavy atom. The number of hydrogen-bond acceptors (Lipinski definition) is 6. The van der Waals surface area contributed by atoms with Crippen molar-refractivity contribution in [3.63, 3.8) is 0 Å². The van der Waals surface area contributed by atoms with Gasteiger partial charge in [-0.25, -0.2) is 9.97 Å². The number of hydrazine groups is 1. The highest BCUT2D eigenvalue weighted by Crippen LogP contribution is 2.20. The van der Waals surface area contributed by atoms with Crippen LogP contribution in [-0.4, -0.2) is 28.4 Å². The molecule has 33 heavy (non-hydrogen) atoms. The fourth-order valence-electron chi connectivity index (χ4n) is 3.10. The molecule has 0 radical (unpaired) electrons. The van der Waals surface area contributed by atoms with Crippen LogP contribution < -0.4 is 15.6 Å². The summed E-state index contributed by atoms with van der Waals surface area (Å²) < 4.78 is 5.41. The number of nitrogens with zero attached hydrogens (tertiary/aromatic N) is 2. The molecular weight excluding hydrogens is 436 g/mol. The first kappa shape index (κ1) is 24.3. The maximum Gasteiger partial charge on any atom is 0.269 e. The number of carbonyl (C=O) groups excluding carboxylic acids is 2. The summed E-state index contributed by atoms with van der Waals surface area (Å²) in [7, 11) is 0. The van der Waals surface area contributed by atoms with Crippen LogP contribution in [0.5, 0.6) is 5.75 Å². The molecule has 2 amide bonds. The molecule has 0 aliphatic rings. The van der Waals surface area contributed by atoms with E-state index in [4.69, 9.17) is 4.74 Å². The van der Waals surface area contributed by atoms with Gasteiger partial charge in [0.1, 0.15) is 5.75 Å². The number of thioether (sulfide) groups is 1. The van der Waals surface area contributed by atoms with E-state index in [0.717, 1.165) is 33.4 Å². The maximum atomic E-state index is 12.3. The van der Waals surface area contributed by atoms with Crippen molar-refractivity contribution in [1.29, 1.82) is 0 Å². The highest BCUT2D eigenvalue weighted by molar-refractivity contribution is 7.98. The molecule has 172 valence electrons. The van der Waals surface area contributed by atoms with E-state index in [0.29, 0.717) is 24.3 Å². The normalized spacial score (nSPS) is 10.5. The van der Waals surface area contributed by atoms with E-state index < -0.39 is 0 Å². The summed E-state index contributed by atoms with van der Waals surface area (Å²) in [4.78, 5) is 33.2. The zero-order chi connectivity index (χ0) is 23.6. The van der Waals surface area contributed by atoms with E-state index in [1.165, 1.54) is 0 Å². The highest BCUT2D eigenvalue weighted by atomic mass is 32.2. The molecule has 1 heterocycles. The van der Waals surface area contributed by atoms with Crippen LogP contribution in [0.2, 0.25) is 0 Å². The summed E-state index contributed by atoms with van der Waals surface area (Å²) in [6.07, 6.45) is 0.843. The van der Waals surface area contributed by atoms with Gasteiger partial charge in [0.15, 0.2) is 5.16 Å². The summed E-state index contributed by atoms with van der Waals surface area (Å²) in [6, 6.07) is 16.8. The molecule has 8 heteroatoms. The van der Waals surface area contributed by atoms with E-state index in [1.54, 1.807) is 23.9 Å². The second kappa shape index (κ2) is 12.0. The minimum Gasteiger partial charge on any atom is -0.494 e. The summed E-state index contributed by atoms with van der Waals surface area (Å²) in [5, 5.41) is 0.738. The third-order valence-corrected chi connectivity index (χ3v) is 5.65. The van der Waals surface area contributed by atoms with Crippen molar-refractivity contribution in [2.24, 2.45) is 0 Å². The van der Waals surface area contributed by atoms with Crippen LogP contribution >= 0.6 is 11.8 Å². The van der Waals surface area contributed by atoms with Crippen LogP contribution in [0.4, 0.5) is 0 Å². The number of amides is 2. The van der Waals surface area contributed by atoms with Crippen LogP contribution in [0.1, 0.15) is 46.2 Å². The number of aromatic nitrogens is 2. The van der Waals surface area contributed by atoms with Crippen LogP contribution in [-0.2, 0) is 17.0 Å². The molecule has 0 saturated carbocycles. The molecule has 0 fully saturated rings. The molecule has 0 spiro atoms. The lowest BCUT2D eigenvalue weighted by molar-refractivity contribution is -0.121. The average molecular weight is 465 g/mol. The zero-order valence-corrected chi connectivity index (χ0v) is 19.9. The summed E-state index contributed by atoms with van der Waals surface area (Å²) in [5.74, 6) is 0.897. The lowest BCUT2D eigenvalue weighted by Crippen LogP contribution is -2.41. The molecule has 3 rings (SSSR count). The van der Waals surface area contributed by atoms with Gasteiger partial charge >= 0.3 is 0 Å². The Kier molecular flexibility index (Phi) is 8.83. The van der Waals surface area contributed by atoms with Crippen LogP contribution in [0.15, 0.2) is 59.8 Å². The molecule has 2 aromatic carbocycles. The van der Waals surface area contributed by atoms with Crippen LogP contribution in [0, 0.1) is 13.8 Å². The second-order valence-corrected chi connectivity index (χ2v) is 8.44. The Morgan fingerprint density at radius 2 is 1.55 bits per heavy atom.